The van der Waals surface area contributed by atoms with Crippen LogP contribution in [-0.4, -0.2) is 60.8 Å². The first kappa shape index (κ1) is 20.2. The molecule has 0 radical (unpaired) electrons. The van der Waals surface area contributed by atoms with Crippen molar-refractivity contribution in [3.63, 3.8) is 0 Å². The largest absolute Gasteiger partial charge is 0.375 e. The standard InChI is InChI=1S/C21H42N2O/c1-16(2)20-7-8-21(14-20)24-19(6)13-18(5)15-22-9-11-23(12-10-22)17(3)4/h16-21H,7-15H2,1-6H3. The summed E-state index contributed by atoms with van der Waals surface area (Å²) in [6.45, 7) is 20.2. The first-order valence-corrected chi connectivity index (χ1v) is 10.5. The Morgan fingerprint density at radius 3 is 2.12 bits per heavy atom. The minimum atomic E-state index is 0.410. The van der Waals surface area contributed by atoms with Crippen molar-refractivity contribution in [1.82, 2.24) is 9.80 Å². The van der Waals surface area contributed by atoms with E-state index >= 15 is 0 Å². The number of rotatable bonds is 8. The van der Waals surface area contributed by atoms with Gasteiger partial charge in [0.15, 0.2) is 0 Å². The third kappa shape index (κ3) is 6.31. The lowest BCUT2D eigenvalue weighted by atomic mass is 9.94. The van der Waals surface area contributed by atoms with Crippen LogP contribution in [0.1, 0.15) is 67.2 Å². The second-order valence-electron chi connectivity index (χ2n) is 9.16. The van der Waals surface area contributed by atoms with Crippen LogP contribution in [0.15, 0.2) is 0 Å². The van der Waals surface area contributed by atoms with E-state index in [4.69, 9.17) is 4.74 Å². The van der Waals surface area contributed by atoms with Gasteiger partial charge in [-0.1, -0.05) is 20.8 Å². The Kier molecular flexibility index (Phi) is 8.03. The first-order chi connectivity index (χ1) is 11.3. The maximum Gasteiger partial charge on any atom is 0.0581 e. The molecule has 4 atom stereocenters. The van der Waals surface area contributed by atoms with Gasteiger partial charge in [-0.3, -0.25) is 4.90 Å². The molecular weight excluding hydrogens is 296 g/mol. The molecule has 0 bridgehead atoms. The fourth-order valence-corrected chi connectivity index (χ4v) is 4.63. The van der Waals surface area contributed by atoms with Crippen molar-refractivity contribution < 1.29 is 4.74 Å². The highest BCUT2D eigenvalue weighted by molar-refractivity contribution is 4.80. The van der Waals surface area contributed by atoms with Crippen molar-refractivity contribution in [2.45, 2.75) is 85.5 Å². The minimum Gasteiger partial charge on any atom is -0.375 e. The summed E-state index contributed by atoms with van der Waals surface area (Å²) in [7, 11) is 0. The topological polar surface area (TPSA) is 15.7 Å². The molecular formula is C21H42N2O. The molecule has 3 heteroatoms. The van der Waals surface area contributed by atoms with Gasteiger partial charge in [0.2, 0.25) is 0 Å². The van der Waals surface area contributed by atoms with Gasteiger partial charge in [-0.2, -0.15) is 0 Å². The lowest BCUT2D eigenvalue weighted by molar-refractivity contribution is -0.0149. The van der Waals surface area contributed by atoms with Gasteiger partial charge in [-0.05, 0) is 64.2 Å². The van der Waals surface area contributed by atoms with E-state index in [2.05, 4.69) is 51.3 Å². The Hall–Kier alpha value is -0.120. The fourth-order valence-electron chi connectivity index (χ4n) is 4.63. The van der Waals surface area contributed by atoms with Crippen LogP contribution in [0.25, 0.3) is 0 Å². The summed E-state index contributed by atoms with van der Waals surface area (Å²) in [6, 6.07) is 0.694. The molecule has 2 aliphatic rings. The molecule has 4 unspecified atom stereocenters. The van der Waals surface area contributed by atoms with Gasteiger partial charge in [0.1, 0.15) is 0 Å². The molecule has 1 heterocycles. The molecule has 0 aromatic carbocycles. The van der Waals surface area contributed by atoms with E-state index in [0.29, 0.717) is 18.2 Å². The zero-order valence-corrected chi connectivity index (χ0v) is 17.1. The number of hydrogen-bond acceptors (Lipinski definition) is 3. The highest BCUT2D eigenvalue weighted by Gasteiger charge is 2.29. The number of ether oxygens (including phenoxy) is 1. The average Bonchev–Trinajstić information content (AvgIpc) is 2.96. The summed E-state index contributed by atoms with van der Waals surface area (Å²) < 4.78 is 6.37. The molecule has 0 aromatic rings. The highest BCUT2D eigenvalue weighted by Crippen LogP contribution is 2.34. The number of hydrogen-bond donors (Lipinski definition) is 0. The molecule has 3 nitrogen and oxygen atoms in total. The lowest BCUT2D eigenvalue weighted by Gasteiger charge is -2.38. The van der Waals surface area contributed by atoms with Gasteiger partial charge in [-0.25, -0.2) is 0 Å². The molecule has 0 N–H and O–H groups in total. The summed E-state index contributed by atoms with van der Waals surface area (Å²) in [4.78, 5) is 5.25. The first-order valence-electron chi connectivity index (χ1n) is 10.5. The van der Waals surface area contributed by atoms with Crippen LogP contribution >= 0.6 is 0 Å². The quantitative estimate of drug-likeness (QED) is 0.657. The van der Waals surface area contributed by atoms with Crippen molar-refractivity contribution in [2.75, 3.05) is 32.7 Å². The van der Waals surface area contributed by atoms with E-state index in [9.17, 15) is 0 Å². The van der Waals surface area contributed by atoms with Crippen LogP contribution in [0.5, 0.6) is 0 Å². The number of nitrogens with zero attached hydrogens (tertiary/aromatic N) is 2. The van der Waals surface area contributed by atoms with E-state index in [0.717, 1.165) is 17.8 Å². The second kappa shape index (κ2) is 9.54. The summed E-state index contributed by atoms with van der Waals surface area (Å²) in [5.74, 6) is 2.43. The van der Waals surface area contributed by atoms with Crippen LogP contribution < -0.4 is 0 Å². The molecule has 0 spiro atoms. The predicted molar refractivity (Wildman–Crippen MR) is 103 cm³/mol. The SMILES string of the molecule is CC(CC(C)OC1CCC(C(C)C)C1)CN1CCN(C(C)C)CC1. The lowest BCUT2D eigenvalue weighted by Crippen LogP contribution is -2.49. The van der Waals surface area contributed by atoms with Crippen LogP contribution in [0, 0.1) is 17.8 Å². The normalized spacial score (nSPS) is 29.5. The smallest absolute Gasteiger partial charge is 0.0581 e. The van der Waals surface area contributed by atoms with Crippen molar-refractivity contribution >= 4 is 0 Å². The van der Waals surface area contributed by atoms with Gasteiger partial charge in [-0.15, -0.1) is 0 Å². The summed E-state index contributed by atoms with van der Waals surface area (Å²) in [5.41, 5.74) is 0. The second-order valence-corrected chi connectivity index (χ2v) is 9.16. The van der Waals surface area contributed by atoms with Crippen LogP contribution in [0.2, 0.25) is 0 Å². The van der Waals surface area contributed by atoms with Crippen molar-refractivity contribution in [1.29, 1.82) is 0 Å². The van der Waals surface area contributed by atoms with Gasteiger partial charge >= 0.3 is 0 Å². The summed E-state index contributed by atoms with van der Waals surface area (Å²) in [5, 5.41) is 0. The molecule has 2 fully saturated rings. The van der Waals surface area contributed by atoms with E-state index in [-0.39, 0.29) is 0 Å². The minimum absolute atomic E-state index is 0.410. The van der Waals surface area contributed by atoms with Gasteiger partial charge in [0.25, 0.3) is 0 Å². The van der Waals surface area contributed by atoms with Crippen molar-refractivity contribution in [2.24, 2.45) is 17.8 Å². The van der Waals surface area contributed by atoms with Crippen LogP contribution in [-0.2, 0) is 4.74 Å². The van der Waals surface area contributed by atoms with Gasteiger partial charge in [0, 0.05) is 38.8 Å². The molecule has 1 aliphatic carbocycles. The predicted octanol–water partition coefficient (Wildman–Crippen LogP) is 4.27. The number of piperazine rings is 1. The van der Waals surface area contributed by atoms with Crippen LogP contribution in [0.3, 0.4) is 0 Å². The maximum atomic E-state index is 6.37. The molecule has 1 saturated heterocycles. The van der Waals surface area contributed by atoms with Crippen molar-refractivity contribution in [3.8, 4) is 0 Å². The Morgan fingerprint density at radius 1 is 0.917 bits per heavy atom. The van der Waals surface area contributed by atoms with Gasteiger partial charge in [0.05, 0.1) is 12.2 Å². The Labute approximate surface area is 151 Å². The Morgan fingerprint density at radius 2 is 1.58 bits per heavy atom. The molecule has 0 aromatic heterocycles. The molecule has 1 aliphatic heterocycles. The molecule has 1 saturated carbocycles. The van der Waals surface area contributed by atoms with Crippen molar-refractivity contribution in [3.05, 3.63) is 0 Å². The monoisotopic (exact) mass is 338 g/mol. The third-order valence-corrected chi connectivity index (χ3v) is 6.23. The van der Waals surface area contributed by atoms with Crippen LogP contribution in [0.4, 0.5) is 0 Å². The molecule has 2 rings (SSSR count). The Balaban J connectivity index is 1.63. The molecule has 142 valence electrons. The van der Waals surface area contributed by atoms with Gasteiger partial charge < -0.3 is 9.64 Å². The summed E-state index contributed by atoms with van der Waals surface area (Å²) >= 11 is 0. The molecule has 24 heavy (non-hydrogen) atoms. The van der Waals surface area contributed by atoms with E-state index in [1.165, 1.54) is 58.4 Å². The summed E-state index contributed by atoms with van der Waals surface area (Å²) in [6.07, 6.45) is 6.06. The van der Waals surface area contributed by atoms with E-state index in [1.807, 2.05) is 0 Å². The maximum absolute atomic E-state index is 6.37. The van der Waals surface area contributed by atoms with E-state index < -0.39 is 0 Å². The zero-order chi connectivity index (χ0) is 17.7. The van der Waals surface area contributed by atoms with E-state index in [1.54, 1.807) is 0 Å². The average molecular weight is 339 g/mol. The third-order valence-electron chi connectivity index (χ3n) is 6.23. The molecule has 0 amide bonds. The Bertz CT molecular complexity index is 350. The zero-order valence-electron chi connectivity index (χ0n) is 17.1. The highest BCUT2D eigenvalue weighted by atomic mass is 16.5. The fraction of sp³-hybridized carbons (Fsp3) is 1.00.